The van der Waals surface area contributed by atoms with E-state index in [0.29, 0.717) is 5.69 Å². The van der Waals surface area contributed by atoms with Gasteiger partial charge in [0.2, 0.25) is 0 Å². The van der Waals surface area contributed by atoms with E-state index in [1.54, 1.807) is 30.3 Å². The van der Waals surface area contributed by atoms with Crippen molar-refractivity contribution in [1.82, 2.24) is 0 Å². The Morgan fingerprint density at radius 2 is 1.81 bits per heavy atom. The number of sulfonamides is 1. The van der Waals surface area contributed by atoms with Crippen LogP contribution in [0, 0.1) is 10.1 Å². The average molecular weight is 403 g/mol. The summed E-state index contributed by atoms with van der Waals surface area (Å²) in [6.45, 7) is 1.89. The zero-order valence-electron chi connectivity index (χ0n) is 14.3. The fourth-order valence-electron chi connectivity index (χ4n) is 2.51. The molecule has 3 rings (SSSR count). The van der Waals surface area contributed by atoms with Crippen molar-refractivity contribution in [2.45, 2.75) is 17.9 Å². The van der Waals surface area contributed by atoms with Crippen LogP contribution in [0.15, 0.2) is 70.9 Å². The first-order valence-electron chi connectivity index (χ1n) is 8.03. The predicted molar refractivity (Wildman–Crippen MR) is 107 cm³/mol. The molecule has 1 heterocycles. The Morgan fingerprint density at radius 3 is 2.44 bits per heavy atom. The van der Waals surface area contributed by atoms with Gasteiger partial charge < -0.3 is 5.32 Å². The Balaban J connectivity index is 1.90. The van der Waals surface area contributed by atoms with Gasteiger partial charge in [0.05, 0.1) is 15.9 Å². The van der Waals surface area contributed by atoms with Gasteiger partial charge in [0.25, 0.3) is 15.7 Å². The minimum absolute atomic E-state index is 0.145. The molecule has 0 unspecified atom stereocenters. The van der Waals surface area contributed by atoms with E-state index in [2.05, 4.69) is 10.0 Å². The monoisotopic (exact) mass is 403 g/mol. The fourth-order valence-corrected chi connectivity index (χ4v) is 4.33. The maximum absolute atomic E-state index is 12.5. The molecule has 9 heteroatoms. The zero-order chi connectivity index (χ0) is 19.4. The van der Waals surface area contributed by atoms with Gasteiger partial charge in [-0.05, 0) is 42.6 Å². The second-order valence-electron chi connectivity index (χ2n) is 5.79. The van der Waals surface area contributed by atoms with E-state index >= 15 is 0 Å². The van der Waals surface area contributed by atoms with Crippen molar-refractivity contribution >= 4 is 38.4 Å². The Labute approximate surface area is 160 Å². The molecule has 140 valence electrons. The molecule has 7 nitrogen and oxygen atoms in total. The Kier molecular flexibility index (Phi) is 5.43. The van der Waals surface area contributed by atoms with Crippen molar-refractivity contribution in [2.75, 3.05) is 10.0 Å². The summed E-state index contributed by atoms with van der Waals surface area (Å²) in [6.07, 6.45) is 0. The van der Waals surface area contributed by atoms with E-state index in [-0.39, 0.29) is 22.3 Å². The van der Waals surface area contributed by atoms with Crippen LogP contribution >= 0.6 is 11.3 Å². The molecule has 2 aromatic carbocycles. The van der Waals surface area contributed by atoms with Crippen LogP contribution < -0.4 is 10.0 Å². The van der Waals surface area contributed by atoms with Crippen LogP contribution in [0.2, 0.25) is 0 Å². The summed E-state index contributed by atoms with van der Waals surface area (Å²) >= 11 is 1.53. The number of nitrogens with one attached hydrogen (secondary N) is 2. The van der Waals surface area contributed by atoms with Gasteiger partial charge in [-0.15, -0.1) is 11.3 Å². The maximum atomic E-state index is 12.5. The fraction of sp³-hybridized carbons (Fsp3) is 0.111. The molecule has 0 fully saturated rings. The largest absolute Gasteiger partial charge is 0.372 e. The first-order valence-corrected chi connectivity index (χ1v) is 10.4. The van der Waals surface area contributed by atoms with Crippen LogP contribution in [0.3, 0.4) is 0 Å². The molecule has 1 aromatic heterocycles. The minimum atomic E-state index is -3.94. The molecule has 1 atom stereocenters. The molecule has 0 saturated carbocycles. The number of nitrogens with zero attached hydrogens (tertiary/aromatic N) is 1. The third-order valence-corrected chi connectivity index (χ3v) is 6.28. The van der Waals surface area contributed by atoms with Gasteiger partial charge in [-0.3, -0.25) is 14.8 Å². The molecule has 0 aliphatic heterocycles. The Bertz CT molecular complexity index is 1040. The van der Waals surface area contributed by atoms with E-state index in [1.807, 2.05) is 24.4 Å². The van der Waals surface area contributed by atoms with Crippen molar-refractivity contribution in [3.05, 3.63) is 81.0 Å². The summed E-state index contributed by atoms with van der Waals surface area (Å²) in [7, 11) is -3.94. The lowest BCUT2D eigenvalue weighted by Crippen LogP contribution is -2.14. The summed E-state index contributed by atoms with van der Waals surface area (Å²) in [4.78, 5) is 11.7. The lowest BCUT2D eigenvalue weighted by Gasteiger charge is -2.15. The quantitative estimate of drug-likeness (QED) is 0.442. The molecule has 27 heavy (non-hydrogen) atoms. The third kappa shape index (κ3) is 4.44. The van der Waals surface area contributed by atoms with Crippen molar-refractivity contribution in [2.24, 2.45) is 0 Å². The second kappa shape index (κ2) is 7.77. The average Bonchev–Trinajstić information content (AvgIpc) is 3.17. The first kappa shape index (κ1) is 18.9. The van der Waals surface area contributed by atoms with Crippen LogP contribution in [-0.2, 0) is 10.0 Å². The Hall–Kier alpha value is -2.91. The van der Waals surface area contributed by atoms with Gasteiger partial charge in [0.15, 0.2) is 0 Å². The molecule has 2 N–H and O–H groups in total. The number of rotatable bonds is 7. The van der Waals surface area contributed by atoms with E-state index in [1.165, 1.54) is 23.5 Å². The van der Waals surface area contributed by atoms with Gasteiger partial charge in [0.1, 0.15) is 5.69 Å². The lowest BCUT2D eigenvalue weighted by atomic mass is 10.2. The number of benzene rings is 2. The van der Waals surface area contributed by atoms with Gasteiger partial charge in [-0.2, -0.15) is 0 Å². The van der Waals surface area contributed by atoms with Gasteiger partial charge in [-0.1, -0.05) is 24.3 Å². The van der Waals surface area contributed by atoms with Crippen LogP contribution in [0.5, 0.6) is 0 Å². The topological polar surface area (TPSA) is 101 Å². The van der Waals surface area contributed by atoms with Crippen LogP contribution in [0.4, 0.5) is 17.1 Å². The molecular formula is C18H17N3O4S2. The third-order valence-electron chi connectivity index (χ3n) is 3.84. The smallest absolute Gasteiger partial charge is 0.293 e. The normalized spacial score (nSPS) is 12.3. The summed E-state index contributed by atoms with van der Waals surface area (Å²) < 4.78 is 27.5. The number of para-hydroxylation sites is 1. The molecule has 0 aliphatic rings. The van der Waals surface area contributed by atoms with E-state index in [4.69, 9.17) is 0 Å². The van der Waals surface area contributed by atoms with Crippen molar-refractivity contribution in [3.8, 4) is 0 Å². The number of hydrogen-bond donors (Lipinski definition) is 2. The van der Waals surface area contributed by atoms with Crippen molar-refractivity contribution < 1.29 is 13.3 Å². The molecule has 3 aromatic rings. The van der Waals surface area contributed by atoms with Gasteiger partial charge in [-0.25, -0.2) is 8.42 Å². The zero-order valence-corrected chi connectivity index (χ0v) is 16.0. The summed E-state index contributed by atoms with van der Waals surface area (Å²) in [5, 5.41) is 16.5. The summed E-state index contributed by atoms with van der Waals surface area (Å²) in [6, 6.07) is 15.9. The number of nitro benzene ring substituents is 1. The predicted octanol–water partition coefficient (Wildman–Crippen LogP) is 4.63. The standard InChI is InChI=1S/C18H17N3O4S2/c1-13(18-8-5-11-26-18)19-16-10-9-15(12-17(16)21(22)23)27(24,25)20-14-6-3-2-4-7-14/h2-13,19-20H,1H3/t13-/m1/s1. The minimum Gasteiger partial charge on any atom is -0.372 e. The molecule has 0 spiro atoms. The van der Waals surface area contributed by atoms with Crippen LogP contribution in [0.1, 0.15) is 17.8 Å². The van der Waals surface area contributed by atoms with Gasteiger partial charge in [0, 0.05) is 16.6 Å². The SMILES string of the molecule is C[C@@H](Nc1ccc(S(=O)(=O)Nc2ccccc2)cc1[N+](=O)[O-])c1cccs1. The molecule has 0 amide bonds. The Morgan fingerprint density at radius 1 is 1.07 bits per heavy atom. The van der Waals surface area contributed by atoms with E-state index in [9.17, 15) is 18.5 Å². The van der Waals surface area contributed by atoms with E-state index < -0.39 is 14.9 Å². The van der Waals surface area contributed by atoms with Crippen molar-refractivity contribution in [1.29, 1.82) is 0 Å². The highest BCUT2D eigenvalue weighted by Gasteiger charge is 2.22. The number of hydrogen-bond acceptors (Lipinski definition) is 6. The van der Waals surface area contributed by atoms with E-state index in [0.717, 1.165) is 10.9 Å². The maximum Gasteiger partial charge on any atom is 0.293 e. The molecule has 0 radical (unpaired) electrons. The highest BCUT2D eigenvalue weighted by Crippen LogP contribution is 2.32. The first-order chi connectivity index (χ1) is 12.9. The lowest BCUT2D eigenvalue weighted by molar-refractivity contribution is -0.384. The van der Waals surface area contributed by atoms with Crippen LogP contribution in [-0.4, -0.2) is 13.3 Å². The number of anilines is 2. The summed E-state index contributed by atoms with van der Waals surface area (Å²) in [5.74, 6) is 0. The molecule has 0 saturated heterocycles. The number of nitro groups is 1. The molecular weight excluding hydrogens is 386 g/mol. The molecule has 0 bridgehead atoms. The molecule has 0 aliphatic carbocycles. The van der Waals surface area contributed by atoms with Gasteiger partial charge >= 0.3 is 0 Å². The summed E-state index contributed by atoms with van der Waals surface area (Å²) in [5.41, 5.74) is 0.350. The van der Waals surface area contributed by atoms with Crippen LogP contribution in [0.25, 0.3) is 0 Å². The highest BCUT2D eigenvalue weighted by atomic mass is 32.2. The highest BCUT2D eigenvalue weighted by molar-refractivity contribution is 7.92. The number of thiophene rings is 1. The van der Waals surface area contributed by atoms with Crippen molar-refractivity contribution in [3.63, 3.8) is 0 Å². The second-order valence-corrected chi connectivity index (χ2v) is 8.45.